The Morgan fingerprint density at radius 1 is 1.00 bits per heavy atom. The summed E-state index contributed by atoms with van der Waals surface area (Å²) >= 11 is 0. The second-order valence-corrected chi connectivity index (χ2v) is 7.42. The Balaban J connectivity index is 1.32. The number of amides is 2. The summed E-state index contributed by atoms with van der Waals surface area (Å²) in [4.78, 5) is 29.1. The fourth-order valence-corrected chi connectivity index (χ4v) is 3.49. The minimum atomic E-state index is -0.135. The van der Waals surface area contributed by atoms with Crippen molar-refractivity contribution in [1.29, 1.82) is 0 Å². The maximum absolute atomic E-state index is 12.8. The third-order valence-electron chi connectivity index (χ3n) is 5.47. The Bertz CT molecular complexity index is 788. The van der Waals surface area contributed by atoms with Crippen LogP contribution >= 0.6 is 0 Å². The average Bonchev–Trinajstić information content (AvgIpc) is 3.35. The highest BCUT2D eigenvalue weighted by molar-refractivity contribution is 5.94. The highest BCUT2D eigenvalue weighted by Crippen LogP contribution is 2.19. The average molecular weight is 366 g/mol. The van der Waals surface area contributed by atoms with E-state index in [0.29, 0.717) is 24.7 Å². The minimum absolute atomic E-state index is 0.0591. The van der Waals surface area contributed by atoms with Crippen LogP contribution in [0.5, 0.6) is 0 Å². The van der Waals surface area contributed by atoms with Gasteiger partial charge in [0, 0.05) is 55.9 Å². The third kappa shape index (κ3) is 4.06. The van der Waals surface area contributed by atoms with Gasteiger partial charge in [0.15, 0.2) is 0 Å². The molecule has 1 aliphatic heterocycles. The zero-order chi connectivity index (χ0) is 18.8. The number of rotatable bonds is 5. The highest BCUT2D eigenvalue weighted by Gasteiger charge is 2.31. The second-order valence-electron chi connectivity index (χ2n) is 7.42. The van der Waals surface area contributed by atoms with Crippen LogP contribution in [0.4, 0.5) is 0 Å². The van der Waals surface area contributed by atoms with Crippen molar-refractivity contribution in [3.63, 3.8) is 0 Å². The van der Waals surface area contributed by atoms with E-state index in [1.54, 1.807) is 0 Å². The van der Waals surface area contributed by atoms with E-state index in [1.165, 1.54) is 0 Å². The lowest BCUT2D eigenvalue weighted by molar-refractivity contribution is -0.126. The number of benzene rings is 1. The Hall–Kier alpha value is -2.60. The number of aromatic nitrogens is 1. The summed E-state index contributed by atoms with van der Waals surface area (Å²) in [7, 11) is 0. The Morgan fingerprint density at radius 3 is 2.22 bits per heavy atom. The molecule has 1 aromatic heterocycles. The van der Waals surface area contributed by atoms with Crippen molar-refractivity contribution in [1.82, 2.24) is 19.7 Å². The number of hydrogen-bond acceptors (Lipinski definition) is 3. The Kier molecular flexibility index (Phi) is 4.99. The van der Waals surface area contributed by atoms with Gasteiger partial charge in [-0.2, -0.15) is 0 Å². The molecule has 2 heterocycles. The Morgan fingerprint density at radius 2 is 1.63 bits per heavy atom. The van der Waals surface area contributed by atoms with Crippen molar-refractivity contribution in [2.24, 2.45) is 0 Å². The molecule has 1 saturated carbocycles. The smallest absolute Gasteiger partial charge is 0.253 e. The van der Waals surface area contributed by atoms with Crippen molar-refractivity contribution in [3.05, 3.63) is 54.4 Å². The van der Waals surface area contributed by atoms with Crippen molar-refractivity contribution >= 4 is 11.8 Å². The van der Waals surface area contributed by atoms with Crippen LogP contribution in [0.15, 0.2) is 48.8 Å². The molecule has 1 saturated heterocycles. The fraction of sp³-hybridized carbons (Fsp3) is 0.429. The molecule has 27 heavy (non-hydrogen) atoms. The van der Waals surface area contributed by atoms with Gasteiger partial charge in [-0.25, -0.2) is 0 Å². The zero-order valence-corrected chi connectivity index (χ0v) is 15.7. The molecule has 6 nitrogen and oxygen atoms in total. The van der Waals surface area contributed by atoms with Crippen LogP contribution in [-0.4, -0.2) is 64.4 Å². The molecule has 0 unspecified atom stereocenters. The molecule has 0 radical (unpaired) electrons. The molecule has 2 aromatic rings. The maximum Gasteiger partial charge on any atom is 0.253 e. The molecule has 6 heteroatoms. The molecule has 2 amide bonds. The van der Waals surface area contributed by atoms with E-state index in [2.05, 4.69) is 10.2 Å². The summed E-state index contributed by atoms with van der Waals surface area (Å²) < 4.78 is 2.01. The van der Waals surface area contributed by atoms with Gasteiger partial charge in [0.1, 0.15) is 0 Å². The van der Waals surface area contributed by atoms with Gasteiger partial charge in [-0.1, -0.05) is 0 Å². The maximum atomic E-state index is 12.8. The van der Waals surface area contributed by atoms with E-state index in [4.69, 9.17) is 0 Å². The van der Waals surface area contributed by atoms with Crippen LogP contribution in [0.25, 0.3) is 5.69 Å². The van der Waals surface area contributed by atoms with Crippen molar-refractivity contribution in [3.8, 4) is 5.69 Å². The van der Waals surface area contributed by atoms with Crippen molar-refractivity contribution in [2.75, 3.05) is 26.2 Å². The molecule has 4 rings (SSSR count). The number of carbonyl (C=O) groups excluding carboxylic acids is 2. The van der Waals surface area contributed by atoms with Gasteiger partial charge in [-0.05, 0) is 56.2 Å². The van der Waals surface area contributed by atoms with Crippen LogP contribution in [-0.2, 0) is 4.79 Å². The van der Waals surface area contributed by atoms with Crippen molar-refractivity contribution in [2.45, 2.75) is 31.8 Å². The molecule has 0 spiro atoms. The van der Waals surface area contributed by atoms with Crippen LogP contribution < -0.4 is 5.32 Å². The molecule has 1 aromatic carbocycles. The predicted octanol–water partition coefficient (Wildman–Crippen LogP) is 1.90. The molecule has 2 aliphatic rings. The second kappa shape index (κ2) is 7.56. The number of piperazine rings is 1. The molecular weight excluding hydrogens is 340 g/mol. The SMILES string of the molecule is C[C@@H](C(=O)NC1CC1)N1CCN(C(=O)c2ccc(-n3cccc3)cc2)CC1. The summed E-state index contributed by atoms with van der Waals surface area (Å²) in [5.41, 5.74) is 1.75. The van der Waals surface area contributed by atoms with Crippen LogP contribution in [0.1, 0.15) is 30.1 Å². The van der Waals surface area contributed by atoms with Gasteiger partial charge >= 0.3 is 0 Å². The van der Waals surface area contributed by atoms with Gasteiger partial charge in [-0.15, -0.1) is 0 Å². The summed E-state index contributed by atoms with van der Waals surface area (Å²) in [6.07, 6.45) is 6.17. The first kappa shape index (κ1) is 17.8. The van der Waals surface area contributed by atoms with Crippen LogP contribution in [0, 0.1) is 0 Å². The lowest BCUT2D eigenvalue weighted by Crippen LogP contribution is -2.55. The van der Waals surface area contributed by atoms with Gasteiger partial charge in [0.25, 0.3) is 5.91 Å². The minimum Gasteiger partial charge on any atom is -0.352 e. The molecule has 142 valence electrons. The fourth-order valence-electron chi connectivity index (χ4n) is 3.49. The van der Waals surface area contributed by atoms with E-state index < -0.39 is 0 Å². The van der Waals surface area contributed by atoms with E-state index in [1.807, 2.05) is 65.2 Å². The molecule has 1 aliphatic carbocycles. The number of hydrogen-bond donors (Lipinski definition) is 1. The summed E-state index contributed by atoms with van der Waals surface area (Å²) in [6.45, 7) is 4.71. The highest BCUT2D eigenvalue weighted by atomic mass is 16.2. The van der Waals surface area contributed by atoms with Crippen LogP contribution in [0.2, 0.25) is 0 Å². The van der Waals surface area contributed by atoms with Crippen LogP contribution in [0.3, 0.4) is 0 Å². The number of carbonyl (C=O) groups is 2. The van der Waals surface area contributed by atoms with Gasteiger partial charge in [0.05, 0.1) is 6.04 Å². The first-order valence-electron chi connectivity index (χ1n) is 9.69. The zero-order valence-electron chi connectivity index (χ0n) is 15.7. The predicted molar refractivity (Wildman–Crippen MR) is 104 cm³/mol. The molecule has 2 fully saturated rings. The molecular formula is C21H26N4O2. The quantitative estimate of drug-likeness (QED) is 0.879. The molecule has 0 bridgehead atoms. The van der Waals surface area contributed by atoms with E-state index in [0.717, 1.165) is 31.6 Å². The summed E-state index contributed by atoms with van der Waals surface area (Å²) in [5.74, 6) is 0.168. The normalized spacial score (nSPS) is 18.9. The van der Waals surface area contributed by atoms with Gasteiger partial charge in [0.2, 0.25) is 5.91 Å². The first-order chi connectivity index (χ1) is 13.1. The van der Waals surface area contributed by atoms with Crippen molar-refractivity contribution < 1.29 is 9.59 Å². The largest absolute Gasteiger partial charge is 0.352 e. The Labute approximate surface area is 159 Å². The molecule has 1 atom stereocenters. The number of nitrogens with zero attached hydrogens (tertiary/aromatic N) is 3. The van der Waals surface area contributed by atoms with E-state index in [-0.39, 0.29) is 17.9 Å². The monoisotopic (exact) mass is 366 g/mol. The van der Waals surface area contributed by atoms with E-state index in [9.17, 15) is 9.59 Å². The summed E-state index contributed by atoms with van der Waals surface area (Å²) in [5, 5.41) is 3.06. The number of nitrogens with one attached hydrogen (secondary N) is 1. The topological polar surface area (TPSA) is 57.6 Å². The summed E-state index contributed by atoms with van der Waals surface area (Å²) in [6, 6.07) is 11.9. The van der Waals surface area contributed by atoms with Gasteiger partial charge < -0.3 is 14.8 Å². The van der Waals surface area contributed by atoms with Gasteiger partial charge in [-0.3, -0.25) is 14.5 Å². The standard InChI is InChI=1S/C21H26N4O2/c1-16(20(26)22-18-6-7-18)23-12-14-25(15-13-23)21(27)17-4-8-19(9-5-17)24-10-2-3-11-24/h2-5,8-11,16,18H,6-7,12-15H2,1H3,(H,22,26)/t16-/m0/s1. The lowest BCUT2D eigenvalue weighted by atomic mass is 10.1. The first-order valence-corrected chi connectivity index (χ1v) is 9.69. The lowest BCUT2D eigenvalue weighted by Gasteiger charge is -2.37. The third-order valence-corrected chi connectivity index (χ3v) is 5.47. The van der Waals surface area contributed by atoms with E-state index >= 15 is 0 Å². The molecule has 1 N–H and O–H groups in total.